The highest BCUT2D eigenvalue weighted by Gasteiger charge is 2.20. The van der Waals surface area contributed by atoms with Crippen molar-refractivity contribution in [3.63, 3.8) is 0 Å². The van der Waals surface area contributed by atoms with Crippen LogP contribution in [0.25, 0.3) is 0 Å². The predicted molar refractivity (Wildman–Crippen MR) is 88.6 cm³/mol. The lowest BCUT2D eigenvalue weighted by atomic mass is 10.1. The van der Waals surface area contributed by atoms with Crippen LogP contribution in [0.4, 0.5) is 0 Å². The normalized spacial score (nSPS) is 16.5. The Kier molecular flexibility index (Phi) is 5.82. The van der Waals surface area contributed by atoms with Crippen molar-refractivity contribution in [2.24, 2.45) is 5.92 Å². The number of hydrogen-bond acceptors (Lipinski definition) is 3. The Morgan fingerprint density at radius 3 is 2.76 bits per heavy atom. The van der Waals surface area contributed by atoms with E-state index in [4.69, 9.17) is 4.98 Å². The summed E-state index contributed by atoms with van der Waals surface area (Å²) in [5.74, 6) is 1.95. The quantitative estimate of drug-likeness (QED) is 0.838. The average molecular weight is 292 g/mol. The number of aromatic nitrogens is 2. The lowest BCUT2D eigenvalue weighted by molar-refractivity contribution is 0.240. The van der Waals surface area contributed by atoms with E-state index in [2.05, 4.69) is 49.5 Å². The van der Waals surface area contributed by atoms with E-state index in [0.717, 1.165) is 39.0 Å². The van der Waals surface area contributed by atoms with Gasteiger partial charge in [-0.15, -0.1) is 0 Å². The molecule has 1 aliphatic heterocycles. The molecule has 0 saturated heterocycles. The molecule has 0 saturated carbocycles. The number of nitrogens with one attached hydrogen (secondary N) is 1. The molecule has 0 spiro atoms. The first kappa shape index (κ1) is 16.5. The SMILES string of the molecule is CCC(C)N(C)CCn1c(CC(C)C)nc2c1CCNC2. The molecule has 21 heavy (non-hydrogen) atoms. The molecule has 4 nitrogen and oxygen atoms in total. The van der Waals surface area contributed by atoms with Crippen LogP contribution < -0.4 is 5.32 Å². The number of likely N-dealkylation sites (N-methyl/N-ethyl adjacent to an activating group) is 1. The van der Waals surface area contributed by atoms with Gasteiger partial charge in [-0.05, 0) is 26.3 Å². The van der Waals surface area contributed by atoms with Crippen molar-refractivity contribution in [1.29, 1.82) is 0 Å². The van der Waals surface area contributed by atoms with Gasteiger partial charge in [0, 0.05) is 50.8 Å². The van der Waals surface area contributed by atoms with Crippen molar-refractivity contribution in [2.45, 2.75) is 66.1 Å². The molecule has 1 N–H and O–H groups in total. The molecular weight excluding hydrogens is 260 g/mol. The van der Waals surface area contributed by atoms with E-state index in [0.29, 0.717) is 12.0 Å². The summed E-state index contributed by atoms with van der Waals surface area (Å²) in [7, 11) is 2.24. The van der Waals surface area contributed by atoms with Gasteiger partial charge in [0.25, 0.3) is 0 Å². The van der Waals surface area contributed by atoms with E-state index in [1.54, 1.807) is 0 Å². The second-order valence-electron chi connectivity index (χ2n) is 6.84. The van der Waals surface area contributed by atoms with E-state index < -0.39 is 0 Å². The fourth-order valence-corrected chi connectivity index (χ4v) is 3.00. The van der Waals surface area contributed by atoms with Crippen molar-refractivity contribution >= 4 is 0 Å². The van der Waals surface area contributed by atoms with Gasteiger partial charge in [-0.25, -0.2) is 4.98 Å². The van der Waals surface area contributed by atoms with Crippen LogP contribution in [0.2, 0.25) is 0 Å². The van der Waals surface area contributed by atoms with E-state index in [1.165, 1.54) is 23.6 Å². The smallest absolute Gasteiger partial charge is 0.109 e. The second kappa shape index (κ2) is 7.41. The highest BCUT2D eigenvalue weighted by atomic mass is 15.2. The monoisotopic (exact) mass is 292 g/mol. The van der Waals surface area contributed by atoms with Crippen LogP contribution >= 0.6 is 0 Å². The van der Waals surface area contributed by atoms with Gasteiger partial charge in [0.2, 0.25) is 0 Å². The first-order valence-electron chi connectivity index (χ1n) is 8.51. The average Bonchev–Trinajstić information content (AvgIpc) is 2.80. The highest BCUT2D eigenvalue weighted by Crippen LogP contribution is 2.19. The molecule has 1 aliphatic rings. The third-order valence-electron chi connectivity index (χ3n) is 4.68. The fourth-order valence-electron chi connectivity index (χ4n) is 3.00. The first-order chi connectivity index (χ1) is 10.0. The molecule has 2 heterocycles. The molecule has 0 bridgehead atoms. The van der Waals surface area contributed by atoms with Crippen molar-refractivity contribution < 1.29 is 0 Å². The molecule has 4 heteroatoms. The Morgan fingerprint density at radius 1 is 1.33 bits per heavy atom. The standard InChI is InChI=1S/C17H32N4/c1-6-14(4)20(5)9-10-21-16-7-8-18-12-15(16)19-17(21)11-13(2)3/h13-14,18H,6-12H2,1-5H3. The number of nitrogens with zero attached hydrogens (tertiary/aromatic N) is 3. The highest BCUT2D eigenvalue weighted by molar-refractivity contribution is 5.20. The van der Waals surface area contributed by atoms with Crippen LogP contribution in [0.5, 0.6) is 0 Å². The largest absolute Gasteiger partial charge is 0.330 e. The van der Waals surface area contributed by atoms with Gasteiger partial charge in [-0.1, -0.05) is 20.8 Å². The summed E-state index contributed by atoms with van der Waals surface area (Å²) in [5.41, 5.74) is 2.75. The maximum Gasteiger partial charge on any atom is 0.109 e. The maximum absolute atomic E-state index is 4.92. The van der Waals surface area contributed by atoms with Gasteiger partial charge in [0.05, 0.1) is 5.69 Å². The molecule has 2 rings (SSSR count). The second-order valence-corrected chi connectivity index (χ2v) is 6.84. The number of imidazole rings is 1. The molecule has 0 aromatic carbocycles. The zero-order chi connectivity index (χ0) is 15.4. The van der Waals surface area contributed by atoms with Crippen molar-refractivity contribution in [3.05, 3.63) is 17.2 Å². The molecule has 1 aromatic heterocycles. The van der Waals surface area contributed by atoms with Crippen LogP contribution in [-0.4, -0.2) is 40.6 Å². The minimum absolute atomic E-state index is 0.652. The predicted octanol–water partition coefficient (Wildman–Crippen LogP) is 2.46. The Balaban J connectivity index is 2.13. The van der Waals surface area contributed by atoms with Crippen molar-refractivity contribution in [3.8, 4) is 0 Å². The lowest BCUT2D eigenvalue weighted by Gasteiger charge is -2.25. The van der Waals surface area contributed by atoms with Gasteiger partial charge in [0.15, 0.2) is 0 Å². The Morgan fingerprint density at radius 2 is 2.10 bits per heavy atom. The molecule has 0 radical (unpaired) electrons. The lowest BCUT2D eigenvalue weighted by Crippen LogP contribution is -2.33. The molecule has 0 fully saturated rings. The summed E-state index contributed by atoms with van der Waals surface area (Å²) in [6.45, 7) is 13.3. The zero-order valence-electron chi connectivity index (χ0n) is 14.4. The summed E-state index contributed by atoms with van der Waals surface area (Å²) < 4.78 is 2.51. The maximum atomic E-state index is 4.92. The van der Waals surface area contributed by atoms with Crippen LogP contribution in [0.1, 0.15) is 51.3 Å². The van der Waals surface area contributed by atoms with Crippen LogP contribution in [0, 0.1) is 5.92 Å². The van der Waals surface area contributed by atoms with Crippen LogP contribution in [-0.2, 0) is 25.9 Å². The summed E-state index contributed by atoms with van der Waals surface area (Å²) in [4.78, 5) is 7.38. The Hall–Kier alpha value is -0.870. The summed E-state index contributed by atoms with van der Waals surface area (Å²) in [5, 5.41) is 3.44. The van der Waals surface area contributed by atoms with Gasteiger partial charge < -0.3 is 14.8 Å². The molecule has 0 amide bonds. The number of fused-ring (bicyclic) bond motifs is 1. The number of hydrogen-bond donors (Lipinski definition) is 1. The Bertz CT molecular complexity index is 450. The first-order valence-corrected chi connectivity index (χ1v) is 8.51. The fraction of sp³-hybridized carbons (Fsp3) is 0.824. The Labute approximate surface area is 129 Å². The van der Waals surface area contributed by atoms with E-state index in [1.807, 2.05) is 0 Å². The minimum atomic E-state index is 0.652. The topological polar surface area (TPSA) is 33.1 Å². The third kappa shape index (κ3) is 4.07. The summed E-state index contributed by atoms with van der Waals surface area (Å²) in [6.07, 6.45) is 3.41. The van der Waals surface area contributed by atoms with Crippen LogP contribution in [0.3, 0.4) is 0 Å². The minimum Gasteiger partial charge on any atom is -0.330 e. The van der Waals surface area contributed by atoms with Crippen LogP contribution in [0.15, 0.2) is 0 Å². The van der Waals surface area contributed by atoms with Crippen molar-refractivity contribution in [1.82, 2.24) is 19.8 Å². The molecule has 120 valence electrons. The van der Waals surface area contributed by atoms with E-state index in [9.17, 15) is 0 Å². The van der Waals surface area contributed by atoms with E-state index in [-0.39, 0.29) is 0 Å². The van der Waals surface area contributed by atoms with Gasteiger partial charge in [-0.3, -0.25) is 0 Å². The van der Waals surface area contributed by atoms with E-state index >= 15 is 0 Å². The summed E-state index contributed by atoms with van der Waals surface area (Å²) in [6, 6.07) is 0.652. The van der Waals surface area contributed by atoms with Gasteiger partial charge >= 0.3 is 0 Å². The molecule has 1 atom stereocenters. The molecular formula is C17H32N4. The number of rotatable bonds is 7. The molecule has 1 aromatic rings. The van der Waals surface area contributed by atoms with Crippen molar-refractivity contribution in [2.75, 3.05) is 20.1 Å². The summed E-state index contributed by atoms with van der Waals surface area (Å²) >= 11 is 0. The third-order valence-corrected chi connectivity index (χ3v) is 4.68. The molecule has 0 aliphatic carbocycles. The van der Waals surface area contributed by atoms with Gasteiger partial charge in [-0.2, -0.15) is 0 Å². The molecule has 1 unspecified atom stereocenters. The zero-order valence-corrected chi connectivity index (χ0v) is 14.4. The van der Waals surface area contributed by atoms with Gasteiger partial charge in [0.1, 0.15) is 5.82 Å².